The Morgan fingerprint density at radius 2 is 2.00 bits per heavy atom. The molecule has 1 amide bonds. The molecule has 29 heavy (non-hydrogen) atoms. The highest BCUT2D eigenvalue weighted by Gasteiger charge is 2.16. The molecule has 2 aromatic carbocycles. The maximum Gasteiger partial charge on any atom is 0.273 e. The van der Waals surface area contributed by atoms with E-state index >= 15 is 0 Å². The molecule has 0 spiro atoms. The number of anilines is 1. The highest BCUT2D eigenvalue weighted by atomic mass is 32.1. The van der Waals surface area contributed by atoms with Crippen LogP contribution in [0.4, 0.5) is 5.69 Å². The van der Waals surface area contributed by atoms with Crippen molar-refractivity contribution in [1.82, 2.24) is 13.9 Å². The van der Waals surface area contributed by atoms with Crippen molar-refractivity contribution >= 4 is 33.3 Å². The molecule has 0 unspecified atom stereocenters. The van der Waals surface area contributed by atoms with Crippen LogP contribution in [0.2, 0.25) is 0 Å². The number of nitrogens with one attached hydrogen (secondary N) is 1. The van der Waals surface area contributed by atoms with Gasteiger partial charge in [0.15, 0.2) is 0 Å². The fraction of sp³-hybridized carbons (Fsp3) is 0.182. The van der Waals surface area contributed by atoms with E-state index in [-0.39, 0.29) is 18.0 Å². The maximum atomic E-state index is 12.9. The number of aryl methyl sites for hydroxylation is 2. The summed E-state index contributed by atoms with van der Waals surface area (Å²) in [6.45, 7) is 3.94. The third-order valence-electron chi connectivity index (χ3n) is 4.73. The Morgan fingerprint density at radius 3 is 2.79 bits per heavy atom. The summed E-state index contributed by atoms with van der Waals surface area (Å²) in [6.07, 6.45) is 2.23. The molecule has 0 saturated heterocycles. The Morgan fingerprint density at radius 1 is 1.17 bits per heavy atom. The lowest BCUT2D eigenvalue weighted by Gasteiger charge is -2.10. The van der Waals surface area contributed by atoms with Gasteiger partial charge in [0.05, 0.1) is 6.33 Å². The van der Waals surface area contributed by atoms with Crippen molar-refractivity contribution in [3.8, 4) is 11.3 Å². The minimum absolute atomic E-state index is 0.0997. The van der Waals surface area contributed by atoms with E-state index in [2.05, 4.69) is 14.7 Å². The maximum absolute atomic E-state index is 12.9. The average Bonchev–Trinajstić information content (AvgIpc) is 3.15. The molecule has 2 heterocycles. The lowest BCUT2D eigenvalue weighted by atomic mass is 10.1. The van der Waals surface area contributed by atoms with Gasteiger partial charge in [0.1, 0.15) is 22.5 Å². The van der Waals surface area contributed by atoms with Crippen LogP contribution in [0.25, 0.3) is 21.5 Å². The molecule has 0 aliphatic carbocycles. The molecular weight excluding hydrogens is 384 g/mol. The lowest BCUT2D eigenvalue weighted by molar-refractivity contribution is -0.116. The minimum atomic E-state index is -0.266. The number of aromatic nitrogens is 3. The first-order valence-corrected chi connectivity index (χ1v) is 10.1. The Kier molecular flexibility index (Phi) is 5.22. The first-order valence-electron chi connectivity index (χ1n) is 9.36. The van der Waals surface area contributed by atoms with Gasteiger partial charge in [0, 0.05) is 11.3 Å². The second-order valence-electron chi connectivity index (χ2n) is 6.81. The number of hydrogen-bond donors (Lipinski definition) is 1. The number of fused-ring (bicyclic) bond motifs is 1. The van der Waals surface area contributed by atoms with E-state index in [1.807, 2.05) is 62.4 Å². The van der Waals surface area contributed by atoms with Crippen molar-refractivity contribution in [2.45, 2.75) is 26.8 Å². The first kappa shape index (κ1) is 19.0. The number of carbonyl (C=O) groups is 1. The van der Waals surface area contributed by atoms with E-state index in [0.29, 0.717) is 15.9 Å². The van der Waals surface area contributed by atoms with E-state index in [0.717, 1.165) is 40.3 Å². The minimum Gasteiger partial charge on any atom is -0.324 e. The van der Waals surface area contributed by atoms with E-state index in [4.69, 9.17) is 0 Å². The SMILES string of the molecule is CCc1ccccc1NC(=O)Cn1cnc2c(-c3cccc(C)c3)nsc2c1=O. The van der Waals surface area contributed by atoms with Crippen LogP contribution in [-0.4, -0.2) is 19.8 Å². The van der Waals surface area contributed by atoms with E-state index in [9.17, 15) is 9.59 Å². The molecule has 4 rings (SSSR count). The van der Waals surface area contributed by atoms with Crippen molar-refractivity contribution < 1.29 is 4.79 Å². The lowest BCUT2D eigenvalue weighted by Crippen LogP contribution is -2.27. The number of amides is 1. The van der Waals surface area contributed by atoms with E-state index < -0.39 is 0 Å². The fourth-order valence-corrected chi connectivity index (χ4v) is 4.05. The zero-order valence-electron chi connectivity index (χ0n) is 16.2. The van der Waals surface area contributed by atoms with Gasteiger partial charge in [0.2, 0.25) is 5.91 Å². The molecular formula is C22H20N4O2S. The van der Waals surface area contributed by atoms with Crippen molar-refractivity contribution in [1.29, 1.82) is 0 Å². The average molecular weight is 404 g/mol. The van der Waals surface area contributed by atoms with Crippen LogP contribution >= 0.6 is 11.5 Å². The molecule has 146 valence electrons. The van der Waals surface area contributed by atoms with Crippen molar-refractivity contribution in [2.75, 3.05) is 5.32 Å². The van der Waals surface area contributed by atoms with E-state index in [1.165, 1.54) is 10.9 Å². The van der Waals surface area contributed by atoms with E-state index in [1.54, 1.807) is 0 Å². The van der Waals surface area contributed by atoms with Gasteiger partial charge in [-0.1, -0.05) is 48.9 Å². The summed E-state index contributed by atoms with van der Waals surface area (Å²) in [6, 6.07) is 15.6. The first-order chi connectivity index (χ1) is 14.1. The number of carbonyl (C=O) groups excluding carboxylic acids is 1. The molecule has 6 nitrogen and oxygen atoms in total. The summed E-state index contributed by atoms with van der Waals surface area (Å²) in [5.74, 6) is -0.266. The van der Waals surface area contributed by atoms with Gasteiger partial charge in [-0.05, 0) is 42.6 Å². The normalized spacial score (nSPS) is 11.0. The molecule has 0 fully saturated rings. The quantitative estimate of drug-likeness (QED) is 0.545. The number of benzene rings is 2. The molecule has 0 aliphatic heterocycles. The largest absolute Gasteiger partial charge is 0.324 e. The van der Waals surface area contributed by atoms with Crippen molar-refractivity contribution in [2.24, 2.45) is 0 Å². The van der Waals surface area contributed by atoms with Gasteiger partial charge in [-0.15, -0.1) is 0 Å². The molecule has 2 aromatic heterocycles. The van der Waals surface area contributed by atoms with Gasteiger partial charge >= 0.3 is 0 Å². The van der Waals surface area contributed by atoms with Crippen LogP contribution in [0, 0.1) is 6.92 Å². The highest BCUT2D eigenvalue weighted by molar-refractivity contribution is 7.13. The van der Waals surface area contributed by atoms with Crippen LogP contribution in [0.1, 0.15) is 18.1 Å². The summed E-state index contributed by atoms with van der Waals surface area (Å²) in [4.78, 5) is 29.8. The second kappa shape index (κ2) is 7.97. The summed E-state index contributed by atoms with van der Waals surface area (Å²) in [5.41, 5.74) is 4.85. The monoisotopic (exact) mass is 404 g/mol. The summed E-state index contributed by atoms with van der Waals surface area (Å²) in [5, 5.41) is 2.88. The molecule has 7 heteroatoms. The highest BCUT2D eigenvalue weighted by Crippen LogP contribution is 2.27. The fourth-order valence-electron chi connectivity index (χ4n) is 3.25. The predicted octanol–water partition coefficient (Wildman–Crippen LogP) is 4.03. The Labute approximate surface area is 172 Å². The van der Waals surface area contributed by atoms with Crippen LogP contribution in [0.3, 0.4) is 0 Å². The van der Waals surface area contributed by atoms with Crippen LogP contribution in [0.15, 0.2) is 59.7 Å². The zero-order chi connectivity index (χ0) is 20.4. The molecule has 1 N–H and O–H groups in total. The number of rotatable bonds is 5. The topological polar surface area (TPSA) is 76.9 Å². The summed E-state index contributed by atoms with van der Waals surface area (Å²) < 4.78 is 6.22. The summed E-state index contributed by atoms with van der Waals surface area (Å²) >= 11 is 1.12. The van der Waals surface area contributed by atoms with Gasteiger partial charge in [0.25, 0.3) is 5.56 Å². The Bertz CT molecular complexity index is 1260. The molecule has 0 aliphatic rings. The predicted molar refractivity (Wildman–Crippen MR) is 116 cm³/mol. The molecule has 0 bridgehead atoms. The smallest absolute Gasteiger partial charge is 0.273 e. The van der Waals surface area contributed by atoms with Crippen molar-refractivity contribution in [3.05, 3.63) is 76.3 Å². The number of nitrogens with zero attached hydrogens (tertiary/aromatic N) is 3. The molecule has 0 saturated carbocycles. The molecule has 0 atom stereocenters. The van der Waals surface area contributed by atoms with Gasteiger partial charge in [-0.2, -0.15) is 4.37 Å². The zero-order valence-corrected chi connectivity index (χ0v) is 17.0. The third kappa shape index (κ3) is 3.82. The third-order valence-corrected chi connectivity index (χ3v) is 5.55. The number of para-hydroxylation sites is 1. The van der Waals surface area contributed by atoms with Crippen LogP contribution < -0.4 is 10.9 Å². The van der Waals surface area contributed by atoms with Gasteiger partial charge < -0.3 is 5.32 Å². The van der Waals surface area contributed by atoms with Crippen LogP contribution in [0.5, 0.6) is 0 Å². The Hall–Kier alpha value is -3.32. The Balaban J connectivity index is 1.62. The number of hydrogen-bond acceptors (Lipinski definition) is 5. The van der Waals surface area contributed by atoms with Crippen molar-refractivity contribution in [3.63, 3.8) is 0 Å². The van der Waals surface area contributed by atoms with Crippen LogP contribution in [-0.2, 0) is 17.8 Å². The standard InChI is InChI=1S/C22H20N4O2S/c1-3-15-8-4-5-10-17(15)24-18(27)12-26-13-23-20-19(25-29-21(20)22(26)28)16-9-6-7-14(2)11-16/h4-11,13H,3,12H2,1-2H3,(H,24,27). The summed E-state index contributed by atoms with van der Waals surface area (Å²) in [7, 11) is 0. The second-order valence-corrected chi connectivity index (χ2v) is 7.59. The molecule has 4 aromatic rings. The molecule has 0 radical (unpaired) electrons. The van der Waals surface area contributed by atoms with Gasteiger partial charge in [-0.3, -0.25) is 14.2 Å². The van der Waals surface area contributed by atoms with Gasteiger partial charge in [-0.25, -0.2) is 4.98 Å².